The molecule has 1 aromatic heterocycles. The lowest BCUT2D eigenvalue weighted by molar-refractivity contribution is 0.284. The normalized spacial score (nSPS) is 12.0. The molecule has 7 nitrogen and oxygen atoms in total. The first-order chi connectivity index (χ1) is 17.9. The van der Waals surface area contributed by atoms with Gasteiger partial charge in [-0.25, -0.2) is 4.98 Å². The molecule has 0 saturated carbocycles. The monoisotopic (exact) mass is 578 g/mol. The standard InChI is InChI=1S/C28H24BrClN4O3/c1-4-17(2)27-33-24-10-9-21(29)13-22(24)28(35)34(27)32-15-18-11-23(30)26(25(12-18)36-3)37-16-20-8-6-5-7-19(20)14-31/h5-13,15,17H,4,16H2,1-3H3/t17-/m1/s1. The molecule has 0 aliphatic rings. The number of hydrogen-bond donors (Lipinski definition) is 0. The van der Waals surface area contributed by atoms with Gasteiger partial charge >= 0.3 is 0 Å². The van der Waals surface area contributed by atoms with Crippen LogP contribution in [0.4, 0.5) is 0 Å². The average molecular weight is 580 g/mol. The van der Waals surface area contributed by atoms with Crippen LogP contribution in [-0.2, 0) is 6.61 Å². The number of rotatable bonds is 8. The second kappa shape index (κ2) is 11.6. The van der Waals surface area contributed by atoms with Crippen LogP contribution >= 0.6 is 27.5 Å². The van der Waals surface area contributed by atoms with Crippen LogP contribution in [0.25, 0.3) is 10.9 Å². The second-order valence-electron chi connectivity index (χ2n) is 8.39. The Hall–Kier alpha value is -3.67. The van der Waals surface area contributed by atoms with Crippen LogP contribution in [0.1, 0.15) is 48.7 Å². The number of fused-ring (bicyclic) bond motifs is 1. The number of aromatic nitrogens is 2. The molecule has 0 unspecified atom stereocenters. The Morgan fingerprint density at radius 2 is 2.03 bits per heavy atom. The SMILES string of the molecule is CC[C@@H](C)c1nc2ccc(Br)cc2c(=O)n1N=Cc1cc(Cl)c(OCc2ccccc2C#N)c(OC)c1. The largest absolute Gasteiger partial charge is 0.493 e. The third kappa shape index (κ3) is 5.68. The van der Waals surface area contributed by atoms with Crippen LogP contribution in [-0.4, -0.2) is 23.0 Å². The summed E-state index contributed by atoms with van der Waals surface area (Å²) in [6, 6.07) is 18.2. The maximum Gasteiger partial charge on any atom is 0.282 e. The van der Waals surface area contributed by atoms with Crippen molar-refractivity contribution in [3.8, 4) is 17.6 Å². The van der Waals surface area contributed by atoms with Gasteiger partial charge in [0.2, 0.25) is 0 Å². The lowest BCUT2D eigenvalue weighted by Gasteiger charge is -2.15. The highest BCUT2D eigenvalue weighted by Gasteiger charge is 2.17. The van der Waals surface area contributed by atoms with Gasteiger partial charge in [0.15, 0.2) is 11.5 Å². The molecule has 0 N–H and O–H groups in total. The summed E-state index contributed by atoms with van der Waals surface area (Å²) in [5.74, 6) is 1.35. The molecular formula is C28H24BrClN4O3. The molecule has 0 fully saturated rings. The van der Waals surface area contributed by atoms with Gasteiger partial charge in [-0.1, -0.05) is 59.6 Å². The van der Waals surface area contributed by atoms with E-state index in [4.69, 9.17) is 26.1 Å². The molecule has 1 heterocycles. The van der Waals surface area contributed by atoms with Crippen LogP contribution in [0.3, 0.4) is 0 Å². The van der Waals surface area contributed by atoms with E-state index in [2.05, 4.69) is 27.1 Å². The fourth-order valence-corrected chi connectivity index (χ4v) is 4.40. The fourth-order valence-electron chi connectivity index (χ4n) is 3.76. The van der Waals surface area contributed by atoms with Crippen LogP contribution in [0, 0.1) is 11.3 Å². The first-order valence-electron chi connectivity index (χ1n) is 11.6. The van der Waals surface area contributed by atoms with E-state index in [0.717, 1.165) is 16.5 Å². The number of methoxy groups -OCH3 is 1. The van der Waals surface area contributed by atoms with Crippen LogP contribution in [0.5, 0.6) is 11.5 Å². The van der Waals surface area contributed by atoms with Gasteiger partial charge in [0.25, 0.3) is 5.56 Å². The molecule has 0 bridgehead atoms. The molecule has 4 aromatic rings. The van der Waals surface area contributed by atoms with E-state index in [9.17, 15) is 10.1 Å². The van der Waals surface area contributed by atoms with Gasteiger partial charge in [-0.2, -0.15) is 15.0 Å². The number of hydrogen-bond acceptors (Lipinski definition) is 6. The minimum atomic E-state index is -0.257. The molecule has 9 heteroatoms. The molecule has 37 heavy (non-hydrogen) atoms. The van der Waals surface area contributed by atoms with Gasteiger partial charge in [0.1, 0.15) is 12.4 Å². The Kier molecular flexibility index (Phi) is 8.27. The quantitative estimate of drug-likeness (QED) is 0.218. The van der Waals surface area contributed by atoms with E-state index in [0.29, 0.717) is 44.4 Å². The first-order valence-corrected chi connectivity index (χ1v) is 12.8. The van der Waals surface area contributed by atoms with Crippen LogP contribution in [0.2, 0.25) is 5.02 Å². The Morgan fingerprint density at radius 1 is 1.24 bits per heavy atom. The number of ether oxygens (including phenoxy) is 2. The Balaban J connectivity index is 1.70. The van der Waals surface area contributed by atoms with Gasteiger partial charge in [-0.15, -0.1) is 0 Å². The zero-order chi connectivity index (χ0) is 26.5. The van der Waals surface area contributed by atoms with Gasteiger partial charge in [-0.05, 0) is 48.4 Å². The van der Waals surface area contributed by atoms with Gasteiger partial charge < -0.3 is 9.47 Å². The molecule has 0 amide bonds. The molecule has 0 spiro atoms. The van der Waals surface area contributed by atoms with Crippen molar-refractivity contribution in [2.24, 2.45) is 5.10 Å². The molecule has 188 valence electrons. The molecule has 3 aromatic carbocycles. The topological polar surface area (TPSA) is 89.5 Å². The van der Waals surface area contributed by atoms with Crippen molar-refractivity contribution in [2.45, 2.75) is 32.8 Å². The maximum absolute atomic E-state index is 13.4. The van der Waals surface area contributed by atoms with Gasteiger partial charge in [0.05, 0.1) is 40.9 Å². The fraction of sp³-hybridized carbons (Fsp3) is 0.214. The van der Waals surface area contributed by atoms with E-state index in [1.807, 2.05) is 38.1 Å². The summed E-state index contributed by atoms with van der Waals surface area (Å²) in [5.41, 5.74) is 2.25. The van der Waals surface area contributed by atoms with E-state index in [1.165, 1.54) is 11.8 Å². The molecule has 0 aliphatic carbocycles. The van der Waals surface area contributed by atoms with Crippen LogP contribution in [0.15, 0.2) is 69.0 Å². The summed E-state index contributed by atoms with van der Waals surface area (Å²) in [5, 5.41) is 14.6. The Labute approximate surface area is 228 Å². The highest BCUT2D eigenvalue weighted by atomic mass is 79.9. The van der Waals surface area contributed by atoms with Crippen molar-refractivity contribution in [2.75, 3.05) is 7.11 Å². The zero-order valence-electron chi connectivity index (χ0n) is 20.5. The summed E-state index contributed by atoms with van der Waals surface area (Å²) in [6.07, 6.45) is 2.34. The van der Waals surface area contributed by atoms with Crippen molar-refractivity contribution >= 4 is 44.6 Å². The molecular weight excluding hydrogens is 556 g/mol. The molecule has 0 aliphatic heterocycles. The minimum Gasteiger partial charge on any atom is -0.493 e. The van der Waals surface area contributed by atoms with Crippen molar-refractivity contribution in [3.63, 3.8) is 0 Å². The van der Waals surface area contributed by atoms with Crippen molar-refractivity contribution in [1.82, 2.24) is 9.66 Å². The van der Waals surface area contributed by atoms with E-state index < -0.39 is 0 Å². The third-order valence-corrected chi connectivity index (χ3v) is 6.74. The van der Waals surface area contributed by atoms with Crippen molar-refractivity contribution in [3.05, 3.63) is 97.0 Å². The highest BCUT2D eigenvalue weighted by molar-refractivity contribution is 9.10. The number of benzene rings is 3. The van der Waals surface area contributed by atoms with E-state index >= 15 is 0 Å². The van der Waals surface area contributed by atoms with Crippen molar-refractivity contribution < 1.29 is 9.47 Å². The minimum absolute atomic E-state index is 0.0167. The molecule has 1 atom stereocenters. The second-order valence-corrected chi connectivity index (χ2v) is 9.72. The maximum atomic E-state index is 13.4. The first kappa shape index (κ1) is 26.4. The summed E-state index contributed by atoms with van der Waals surface area (Å²) in [4.78, 5) is 18.1. The highest BCUT2D eigenvalue weighted by Crippen LogP contribution is 2.37. The van der Waals surface area contributed by atoms with Gasteiger partial charge in [-0.3, -0.25) is 4.79 Å². The Morgan fingerprint density at radius 3 is 2.76 bits per heavy atom. The molecule has 0 saturated heterocycles. The summed E-state index contributed by atoms with van der Waals surface area (Å²) >= 11 is 9.97. The van der Waals surface area contributed by atoms with E-state index in [-0.39, 0.29) is 18.1 Å². The lowest BCUT2D eigenvalue weighted by atomic mass is 10.1. The summed E-state index contributed by atoms with van der Waals surface area (Å²) < 4.78 is 13.6. The van der Waals surface area contributed by atoms with Crippen LogP contribution < -0.4 is 15.0 Å². The summed E-state index contributed by atoms with van der Waals surface area (Å²) in [6.45, 7) is 4.20. The smallest absolute Gasteiger partial charge is 0.282 e. The Bertz CT molecular complexity index is 1590. The predicted octanol–water partition coefficient (Wildman–Crippen LogP) is 6.67. The number of nitriles is 1. The average Bonchev–Trinajstić information content (AvgIpc) is 2.91. The third-order valence-electron chi connectivity index (χ3n) is 5.97. The number of halogens is 2. The lowest BCUT2D eigenvalue weighted by Crippen LogP contribution is -2.23. The van der Waals surface area contributed by atoms with Gasteiger partial charge in [0, 0.05) is 16.0 Å². The molecule has 0 radical (unpaired) electrons. The summed E-state index contributed by atoms with van der Waals surface area (Å²) in [7, 11) is 1.51. The number of nitrogens with zero attached hydrogens (tertiary/aromatic N) is 4. The van der Waals surface area contributed by atoms with Crippen molar-refractivity contribution in [1.29, 1.82) is 5.26 Å². The van der Waals surface area contributed by atoms with E-state index in [1.54, 1.807) is 36.5 Å². The molecule has 4 rings (SSSR count). The predicted molar refractivity (Wildman–Crippen MR) is 149 cm³/mol. The zero-order valence-corrected chi connectivity index (χ0v) is 22.9.